The van der Waals surface area contributed by atoms with Gasteiger partial charge >= 0.3 is 0 Å². The average Bonchev–Trinajstić information content (AvgIpc) is 3.27. The van der Waals surface area contributed by atoms with Crippen LogP contribution in [0.15, 0.2) is 90.0 Å². The maximum Gasteiger partial charge on any atom is 0.240 e. The first kappa shape index (κ1) is 21.0. The fourth-order valence-corrected chi connectivity index (χ4v) is 4.51. The molecule has 5 rings (SSSR count). The van der Waals surface area contributed by atoms with E-state index in [1.807, 2.05) is 54.7 Å². The predicted octanol–water partition coefficient (Wildman–Crippen LogP) is 4.19. The van der Waals surface area contributed by atoms with E-state index >= 15 is 0 Å². The van der Waals surface area contributed by atoms with Crippen LogP contribution >= 0.6 is 0 Å². The van der Waals surface area contributed by atoms with Crippen LogP contribution in [0, 0.1) is 0 Å². The zero-order valence-electron chi connectivity index (χ0n) is 17.9. The first-order valence-electron chi connectivity index (χ1n) is 10.4. The lowest BCUT2D eigenvalue weighted by molar-refractivity contribution is 0.588. The molecular weight excluding hydrogens is 434 g/mol. The maximum absolute atomic E-state index is 12.1. The van der Waals surface area contributed by atoms with Gasteiger partial charge in [-0.05, 0) is 30.8 Å². The van der Waals surface area contributed by atoms with Gasteiger partial charge in [0.2, 0.25) is 10.0 Å². The Labute approximate surface area is 191 Å². The van der Waals surface area contributed by atoms with Gasteiger partial charge in [0, 0.05) is 34.6 Å². The SMILES string of the molecule is CNS(=O)(=O)c1ccc(-c2nc(Cc3c[nH]c4ccccc34)nnc2-c2ccccc2)cc1. The number of sulfonamides is 1. The molecule has 3 aromatic carbocycles. The van der Waals surface area contributed by atoms with Crippen LogP contribution in [0.1, 0.15) is 11.4 Å². The number of benzene rings is 3. The molecule has 0 amide bonds. The molecule has 33 heavy (non-hydrogen) atoms. The summed E-state index contributed by atoms with van der Waals surface area (Å²) in [5, 5.41) is 10.1. The van der Waals surface area contributed by atoms with Crippen LogP contribution in [0.25, 0.3) is 33.4 Å². The molecule has 0 unspecified atom stereocenters. The largest absolute Gasteiger partial charge is 0.361 e. The molecule has 0 saturated carbocycles. The van der Waals surface area contributed by atoms with Gasteiger partial charge < -0.3 is 4.98 Å². The van der Waals surface area contributed by atoms with Crippen molar-refractivity contribution in [2.45, 2.75) is 11.3 Å². The molecule has 0 saturated heterocycles. The molecule has 2 N–H and O–H groups in total. The van der Waals surface area contributed by atoms with Crippen molar-refractivity contribution in [1.82, 2.24) is 24.9 Å². The average molecular weight is 456 g/mol. The first-order chi connectivity index (χ1) is 16.0. The van der Waals surface area contributed by atoms with Gasteiger partial charge in [-0.3, -0.25) is 0 Å². The standard InChI is InChI=1S/C25H21N5O2S/c1-26-33(31,32)20-13-11-18(12-14-20)24-25(17-7-3-2-4-8-17)30-29-23(28-24)15-19-16-27-22-10-6-5-9-21(19)22/h2-14,16,26-27H,15H2,1H3. The molecule has 0 aliphatic rings. The Kier molecular flexibility index (Phi) is 5.45. The number of nitrogens with zero attached hydrogens (tertiary/aromatic N) is 3. The molecule has 0 atom stereocenters. The molecule has 5 aromatic rings. The normalized spacial score (nSPS) is 11.7. The lowest BCUT2D eigenvalue weighted by Crippen LogP contribution is -2.18. The second kappa shape index (κ2) is 8.57. The minimum Gasteiger partial charge on any atom is -0.361 e. The number of para-hydroxylation sites is 1. The second-order valence-electron chi connectivity index (χ2n) is 7.56. The minimum absolute atomic E-state index is 0.191. The van der Waals surface area contributed by atoms with E-state index in [1.165, 1.54) is 7.05 Å². The Balaban J connectivity index is 1.59. The summed E-state index contributed by atoms with van der Waals surface area (Å²) in [6, 6.07) is 24.4. The summed E-state index contributed by atoms with van der Waals surface area (Å²) in [6.07, 6.45) is 2.49. The monoisotopic (exact) mass is 455 g/mol. The smallest absolute Gasteiger partial charge is 0.240 e. The number of fused-ring (bicyclic) bond motifs is 1. The van der Waals surface area contributed by atoms with E-state index in [0.29, 0.717) is 23.6 Å². The van der Waals surface area contributed by atoms with Crippen molar-refractivity contribution in [2.75, 3.05) is 7.05 Å². The highest BCUT2D eigenvalue weighted by Gasteiger charge is 2.17. The molecule has 8 heteroatoms. The predicted molar refractivity (Wildman–Crippen MR) is 128 cm³/mol. The van der Waals surface area contributed by atoms with E-state index < -0.39 is 10.0 Å². The van der Waals surface area contributed by atoms with Crippen molar-refractivity contribution < 1.29 is 8.42 Å². The van der Waals surface area contributed by atoms with E-state index in [4.69, 9.17) is 4.98 Å². The van der Waals surface area contributed by atoms with Crippen LogP contribution in [0.5, 0.6) is 0 Å². The summed E-state index contributed by atoms with van der Waals surface area (Å²) in [5.41, 5.74) is 5.09. The number of H-pyrrole nitrogens is 1. The molecule has 0 fully saturated rings. The number of rotatable bonds is 6. The number of nitrogens with one attached hydrogen (secondary N) is 2. The first-order valence-corrected chi connectivity index (χ1v) is 11.9. The Hall–Kier alpha value is -3.88. The van der Waals surface area contributed by atoms with Crippen LogP contribution in [0.4, 0.5) is 0 Å². The van der Waals surface area contributed by atoms with Crippen molar-refractivity contribution >= 4 is 20.9 Å². The number of hydrogen-bond acceptors (Lipinski definition) is 5. The molecule has 0 spiro atoms. The minimum atomic E-state index is -3.52. The third kappa shape index (κ3) is 4.13. The fraction of sp³-hybridized carbons (Fsp3) is 0.0800. The van der Waals surface area contributed by atoms with Crippen LogP contribution in [0.2, 0.25) is 0 Å². The van der Waals surface area contributed by atoms with Crippen molar-refractivity contribution in [2.24, 2.45) is 0 Å². The maximum atomic E-state index is 12.1. The highest BCUT2D eigenvalue weighted by Crippen LogP contribution is 2.30. The van der Waals surface area contributed by atoms with E-state index in [9.17, 15) is 8.42 Å². The van der Waals surface area contributed by atoms with Crippen molar-refractivity contribution in [1.29, 1.82) is 0 Å². The zero-order valence-corrected chi connectivity index (χ0v) is 18.7. The van der Waals surface area contributed by atoms with Gasteiger partial charge in [-0.1, -0.05) is 60.7 Å². The van der Waals surface area contributed by atoms with E-state index in [2.05, 4.69) is 26.0 Å². The van der Waals surface area contributed by atoms with E-state index in [-0.39, 0.29) is 4.90 Å². The van der Waals surface area contributed by atoms with Crippen LogP contribution < -0.4 is 4.72 Å². The third-order valence-corrected chi connectivity index (χ3v) is 6.94. The van der Waals surface area contributed by atoms with Gasteiger partial charge in [0.25, 0.3) is 0 Å². The fourth-order valence-electron chi connectivity index (χ4n) is 3.78. The quantitative estimate of drug-likeness (QED) is 0.400. The Morgan fingerprint density at radius 2 is 1.52 bits per heavy atom. The Morgan fingerprint density at radius 3 is 2.27 bits per heavy atom. The van der Waals surface area contributed by atoms with Crippen molar-refractivity contribution in [3.05, 3.63) is 96.4 Å². The van der Waals surface area contributed by atoms with E-state index in [1.54, 1.807) is 24.3 Å². The molecule has 2 aromatic heterocycles. The number of hydrogen-bond donors (Lipinski definition) is 2. The highest BCUT2D eigenvalue weighted by atomic mass is 32.2. The van der Waals surface area contributed by atoms with Gasteiger partial charge in [-0.2, -0.15) is 0 Å². The summed E-state index contributed by atoms with van der Waals surface area (Å²) in [7, 11) is -2.13. The van der Waals surface area contributed by atoms with E-state index in [0.717, 1.165) is 27.6 Å². The Morgan fingerprint density at radius 1 is 0.818 bits per heavy atom. The molecule has 164 valence electrons. The molecule has 2 heterocycles. The summed E-state index contributed by atoms with van der Waals surface area (Å²) < 4.78 is 26.6. The number of aromatic nitrogens is 4. The molecular formula is C25H21N5O2S. The second-order valence-corrected chi connectivity index (χ2v) is 9.45. The summed E-state index contributed by atoms with van der Waals surface area (Å²) in [6.45, 7) is 0. The molecule has 0 radical (unpaired) electrons. The topological polar surface area (TPSA) is 101 Å². The highest BCUT2D eigenvalue weighted by molar-refractivity contribution is 7.89. The van der Waals surface area contributed by atoms with Gasteiger partial charge in [0.05, 0.1) is 4.90 Å². The van der Waals surface area contributed by atoms with Crippen LogP contribution in [0.3, 0.4) is 0 Å². The van der Waals surface area contributed by atoms with Crippen LogP contribution in [-0.2, 0) is 16.4 Å². The molecule has 0 aliphatic carbocycles. The summed E-state index contributed by atoms with van der Waals surface area (Å²) in [4.78, 5) is 8.33. The zero-order chi connectivity index (χ0) is 22.8. The van der Waals surface area contributed by atoms with Gasteiger partial charge in [0.1, 0.15) is 11.4 Å². The van der Waals surface area contributed by atoms with Crippen molar-refractivity contribution in [3.8, 4) is 22.5 Å². The molecule has 0 bridgehead atoms. The summed E-state index contributed by atoms with van der Waals surface area (Å²) in [5.74, 6) is 0.585. The Bertz CT molecular complexity index is 1530. The van der Waals surface area contributed by atoms with Crippen molar-refractivity contribution in [3.63, 3.8) is 0 Å². The lowest BCUT2D eigenvalue weighted by Gasteiger charge is -2.10. The number of aromatic amines is 1. The van der Waals surface area contributed by atoms with Gasteiger partial charge in [0.15, 0.2) is 5.82 Å². The lowest BCUT2D eigenvalue weighted by atomic mass is 10.0. The summed E-state index contributed by atoms with van der Waals surface area (Å²) >= 11 is 0. The third-order valence-electron chi connectivity index (χ3n) is 5.51. The van der Waals surface area contributed by atoms with Crippen LogP contribution in [-0.4, -0.2) is 35.6 Å². The molecule has 7 nitrogen and oxygen atoms in total. The van der Waals surface area contributed by atoms with Gasteiger partial charge in [-0.15, -0.1) is 10.2 Å². The molecule has 0 aliphatic heterocycles. The van der Waals surface area contributed by atoms with Gasteiger partial charge in [-0.25, -0.2) is 18.1 Å².